The van der Waals surface area contributed by atoms with Crippen LogP contribution in [-0.2, 0) is 11.2 Å². The Morgan fingerprint density at radius 3 is 2.23 bits per heavy atom. The molecule has 1 aliphatic carbocycles. The fourth-order valence-electron chi connectivity index (χ4n) is 3.34. The van der Waals surface area contributed by atoms with E-state index < -0.39 is 0 Å². The number of anilines is 1. The van der Waals surface area contributed by atoms with Crippen molar-refractivity contribution in [3.8, 4) is 0 Å². The first kappa shape index (κ1) is 15.7. The molecule has 1 N–H and O–H groups in total. The molecule has 2 heterocycles. The first-order chi connectivity index (χ1) is 10.7. The summed E-state index contributed by atoms with van der Waals surface area (Å²) in [6.07, 6.45) is 11.3. The van der Waals surface area contributed by atoms with Crippen molar-refractivity contribution in [2.45, 2.75) is 70.2 Å². The highest BCUT2D eigenvalue weighted by atomic mass is 16.5. The number of hydrogen-bond acceptors (Lipinski definition) is 5. The highest BCUT2D eigenvalue weighted by Crippen LogP contribution is 2.25. The Kier molecular flexibility index (Phi) is 5.26. The van der Waals surface area contributed by atoms with E-state index in [1.54, 1.807) is 0 Å². The van der Waals surface area contributed by atoms with Crippen LogP contribution in [0.25, 0.3) is 0 Å². The van der Waals surface area contributed by atoms with Gasteiger partial charge in [-0.1, -0.05) is 6.92 Å². The molecule has 5 nitrogen and oxygen atoms in total. The third-order valence-electron chi connectivity index (χ3n) is 4.85. The molecule has 5 heteroatoms. The van der Waals surface area contributed by atoms with Crippen molar-refractivity contribution in [1.29, 1.82) is 0 Å². The van der Waals surface area contributed by atoms with E-state index in [1.807, 2.05) is 12.4 Å². The quantitative estimate of drug-likeness (QED) is 0.925. The highest BCUT2D eigenvalue weighted by molar-refractivity contribution is 5.30. The lowest BCUT2D eigenvalue weighted by Crippen LogP contribution is -2.40. The van der Waals surface area contributed by atoms with Crippen molar-refractivity contribution in [1.82, 2.24) is 9.97 Å². The molecular weight excluding hydrogens is 278 g/mol. The van der Waals surface area contributed by atoms with Gasteiger partial charge in [-0.2, -0.15) is 0 Å². The van der Waals surface area contributed by atoms with Gasteiger partial charge in [0.25, 0.3) is 0 Å². The van der Waals surface area contributed by atoms with Crippen molar-refractivity contribution in [3.63, 3.8) is 0 Å². The Bertz CT molecular complexity index is 449. The van der Waals surface area contributed by atoms with Crippen LogP contribution in [-0.4, -0.2) is 46.5 Å². The molecule has 1 saturated carbocycles. The molecule has 22 heavy (non-hydrogen) atoms. The Labute approximate surface area is 132 Å². The first-order valence-corrected chi connectivity index (χ1v) is 8.64. The van der Waals surface area contributed by atoms with Gasteiger partial charge in [-0.05, 0) is 50.5 Å². The summed E-state index contributed by atoms with van der Waals surface area (Å²) in [5, 5.41) is 9.55. The number of aromatic nitrogens is 2. The summed E-state index contributed by atoms with van der Waals surface area (Å²) < 4.78 is 6.22. The number of aryl methyl sites for hydroxylation is 1. The molecular formula is C17H27N3O2. The number of aliphatic hydroxyl groups is 1. The average molecular weight is 305 g/mol. The Balaban J connectivity index is 1.45. The van der Waals surface area contributed by atoms with E-state index in [0.717, 1.165) is 64.0 Å². The fraction of sp³-hybridized carbons (Fsp3) is 0.765. The number of ether oxygens (including phenoxy) is 1. The summed E-state index contributed by atoms with van der Waals surface area (Å²) in [4.78, 5) is 11.2. The summed E-state index contributed by atoms with van der Waals surface area (Å²) in [6.45, 7) is 4.04. The molecule has 122 valence electrons. The van der Waals surface area contributed by atoms with E-state index in [0.29, 0.717) is 12.2 Å². The van der Waals surface area contributed by atoms with E-state index in [2.05, 4.69) is 21.8 Å². The van der Waals surface area contributed by atoms with Crippen LogP contribution in [0.1, 0.15) is 51.0 Å². The maximum absolute atomic E-state index is 9.55. The molecule has 2 fully saturated rings. The van der Waals surface area contributed by atoms with Crippen LogP contribution >= 0.6 is 0 Å². The topological polar surface area (TPSA) is 58.5 Å². The molecule has 1 aromatic heterocycles. The minimum absolute atomic E-state index is 0.107. The molecule has 0 radical (unpaired) electrons. The van der Waals surface area contributed by atoms with Crippen LogP contribution in [0.4, 0.5) is 5.95 Å². The molecule has 1 aromatic rings. The van der Waals surface area contributed by atoms with Gasteiger partial charge in [0.15, 0.2) is 0 Å². The Hall–Kier alpha value is -1.20. The summed E-state index contributed by atoms with van der Waals surface area (Å²) >= 11 is 0. The predicted molar refractivity (Wildman–Crippen MR) is 86.0 cm³/mol. The van der Waals surface area contributed by atoms with Crippen LogP contribution in [0.2, 0.25) is 0 Å². The molecule has 1 aliphatic heterocycles. The fourth-order valence-corrected chi connectivity index (χ4v) is 3.34. The maximum Gasteiger partial charge on any atom is 0.225 e. The number of piperidine rings is 1. The molecule has 3 rings (SSSR count). The third-order valence-corrected chi connectivity index (χ3v) is 4.85. The standard InChI is InChI=1S/C17H27N3O2/c1-2-13-11-18-17(19-12-13)20-9-7-16(8-10-20)22-15-5-3-14(21)4-6-15/h11-12,14-16,21H,2-10H2,1H3/t14-,15-. The molecule has 0 aromatic carbocycles. The van der Waals surface area contributed by atoms with Gasteiger partial charge in [0, 0.05) is 25.5 Å². The summed E-state index contributed by atoms with van der Waals surface area (Å²) in [5.41, 5.74) is 1.18. The largest absolute Gasteiger partial charge is 0.393 e. The normalized spacial score (nSPS) is 27.1. The minimum Gasteiger partial charge on any atom is -0.393 e. The van der Waals surface area contributed by atoms with Crippen LogP contribution in [0.15, 0.2) is 12.4 Å². The lowest BCUT2D eigenvalue weighted by atomic mass is 9.94. The molecule has 0 atom stereocenters. The smallest absolute Gasteiger partial charge is 0.225 e. The zero-order valence-corrected chi connectivity index (χ0v) is 13.4. The zero-order valence-electron chi connectivity index (χ0n) is 13.4. The lowest BCUT2D eigenvalue weighted by Gasteiger charge is -2.35. The molecule has 0 spiro atoms. The van der Waals surface area contributed by atoms with E-state index in [1.165, 1.54) is 5.56 Å². The van der Waals surface area contributed by atoms with Gasteiger partial charge in [-0.3, -0.25) is 0 Å². The molecule has 1 saturated heterocycles. The van der Waals surface area contributed by atoms with E-state index in [-0.39, 0.29) is 6.10 Å². The van der Waals surface area contributed by atoms with Gasteiger partial charge in [0.1, 0.15) is 0 Å². The molecule has 0 unspecified atom stereocenters. The average Bonchev–Trinajstić information content (AvgIpc) is 2.58. The minimum atomic E-state index is -0.107. The second-order valence-corrected chi connectivity index (χ2v) is 6.50. The number of aliphatic hydroxyl groups excluding tert-OH is 1. The van der Waals surface area contributed by atoms with Crippen LogP contribution in [0, 0.1) is 0 Å². The molecule has 0 amide bonds. The SMILES string of the molecule is CCc1cnc(N2CCC(O[C@H]3CC[C@H](O)CC3)CC2)nc1. The van der Waals surface area contributed by atoms with Crippen molar-refractivity contribution < 1.29 is 9.84 Å². The molecule has 2 aliphatic rings. The lowest BCUT2D eigenvalue weighted by molar-refractivity contribution is -0.0557. The van der Waals surface area contributed by atoms with Gasteiger partial charge in [-0.15, -0.1) is 0 Å². The van der Waals surface area contributed by atoms with Crippen LogP contribution in [0.5, 0.6) is 0 Å². The van der Waals surface area contributed by atoms with Gasteiger partial charge in [0.2, 0.25) is 5.95 Å². The predicted octanol–water partition coefficient (Wildman–Crippen LogP) is 2.33. The van der Waals surface area contributed by atoms with Gasteiger partial charge in [0.05, 0.1) is 18.3 Å². The number of nitrogens with zero attached hydrogens (tertiary/aromatic N) is 3. The van der Waals surface area contributed by atoms with Gasteiger partial charge < -0.3 is 14.7 Å². The van der Waals surface area contributed by atoms with Gasteiger partial charge in [-0.25, -0.2) is 9.97 Å². The van der Waals surface area contributed by atoms with E-state index in [4.69, 9.17) is 4.74 Å². The third kappa shape index (κ3) is 3.96. The van der Waals surface area contributed by atoms with Crippen LogP contribution in [0.3, 0.4) is 0 Å². The Morgan fingerprint density at radius 2 is 1.64 bits per heavy atom. The van der Waals surface area contributed by atoms with Crippen molar-refractivity contribution in [2.75, 3.05) is 18.0 Å². The van der Waals surface area contributed by atoms with Crippen LogP contribution < -0.4 is 4.90 Å². The Morgan fingerprint density at radius 1 is 1.05 bits per heavy atom. The number of rotatable bonds is 4. The van der Waals surface area contributed by atoms with E-state index >= 15 is 0 Å². The zero-order chi connectivity index (χ0) is 15.4. The van der Waals surface area contributed by atoms with Crippen molar-refractivity contribution in [3.05, 3.63) is 18.0 Å². The van der Waals surface area contributed by atoms with Crippen molar-refractivity contribution >= 4 is 5.95 Å². The highest BCUT2D eigenvalue weighted by Gasteiger charge is 2.26. The second kappa shape index (κ2) is 7.38. The summed E-state index contributed by atoms with van der Waals surface area (Å²) in [5.74, 6) is 0.844. The molecule has 0 bridgehead atoms. The monoisotopic (exact) mass is 305 g/mol. The maximum atomic E-state index is 9.55. The van der Waals surface area contributed by atoms with Gasteiger partial charge >= 0.3 is 0 Å². The second-order valence-electron chi connectivity index (χ2n) is 6.50. The number of hydrogen-bond donors (Lipinski definition) is 1. The first-order valence-electron chi connectivity index (χ1n) is 8.64. The summed E-state index contributed by atoms with van der Waals surface area (Å²) in [6, 6.07) is 0. The van der Waals surface area contributed by atoms with E-state index in [9.17, 15) is 5.11 Å². The van der Waals surface area contributed by atoms with Crippen molar-refractivity contribution in [2.24, 2.45) is 0 Å². The summed E-state index contributed by atoms with van der Waals surface area (Å²) in [7, 11) is 0.